The molecular weight excluding hydrogens is 316 g/mol. The molecule has 3 rings (SSSR count). The summed E-state index contributed by atoms with van der Waals surface area (Å²) in [5.74, 6) is 0.175. The summed E-state index contributed by atoms with van der Waals surface area (Å²) in [6.45, 7) is 4.29. The molecule has 2 aromatic rings. The fraction of sp³-hybridized carbons (Fsp3) is 0.316. The topological polar surface area (TPSA) is 99.3 Å². The van der Waals surface area contributed by atoms with Crippen LogP contribution in [0.5, 0.6) is 0 Å². The lowest BCUT2D eigenvalue weighted by Gasteiger charge is -2.14. The lowest BCUT2D eigenvalue weighted by atomic mass is 10.0. The number of urea groups is 1. The molecule has 4 N–H and O–H groups in total. The van der Waals surface area contributed by atoms with E-state index in [2.05, 4.69) is 5.32 Å². The minimum atomic E-state index is -0.433. The molecule has 130 valence electrons. The highest BCUT2D eigenvalue weighted by molar-refractivity contribution is 6.04. The normalized spacial score (nSPS) is 17.4. The van der Waals surface area contributed by atoms with Gasteiger partial charge in [0.05, 0.1) is 6.54 Å². The van der Waals surface area contributed by atoms with E-state index in [4.69, 9.17) is 11.1 Å². The highest BCUT2D eigenvalue weighted by Crippen LogP contribution is 2.21. The largest absolute Gasteiger partial charge is 0.384 e. The van der Waals surface area contributed by atoms with Crippen molar-refractivity contribution in [3.8, 4) is 0 Å². The lowest BCUT2D eigenvalue weighted by molar-refractivity contribution is -0.128. The van der Waals surface area contributed by atoms with Crippen LogP contribution in [0.15, 0.2) is 36.4 Å². The molecule has 1 aliphatic rings. The van der Waals surface area contributed by atoms with Crippen molar-refractivity contribution in [1.82, 2.24) is 10.2 Å². The summed E-state index contributed by atoms with van der Waals surface area (Å²) in [5.41, 5.74) is 7.06. The predicted molar refractivity (Wildman–Crippen MR) is 97.3 cm³/mol. The van der Waals surface area contributed by atoms with Gasteiger partial charge in [0.1, 0.15) is 11.9 Å². The van der Waals surface area contributed by atoms with Crippen LogP contribution in [0.4, 0.5) is 4.79 Å². The van der Waals surface area contributed by atoms with E-state index in [0.29, 0.717) is 17.9 Å². The summed E-state index contributed by atoms with van der Waals surface area (Å²) in [5, 5.41) is 12.3. The number of imide groups is 1. The van der Waals surface area contributed by atoms with Gasteiger partial charge in [0.15, 0.2) is 0 Å². The van der Waals surface area contributed by atoms with Crippen molar-refractivity contribution in [2.75, 3.05) is 0 Å². The maximum absolute atomic E-state index is 12.5. The third kappa shape index (κ3) is 3.47. The number of fused-ring (bicyclic) bond motifs is 1. The number of nitrogens with zero attached hydrogens (tertiary/aromatic N) is 1. The average Bonchev–Trinajstić information content (AvgIpc) is 2.81. The van der Waals surface area contributed by atoms with Crippen molar-refractivity contribution in [1.29, 1.82) is 5.41 Å². The fourth-order valence-corrected chi connectivity index (χ4v) is 3.10. The standard InChI is InChI=1S/C19H22N4O2/c1-11(2)7-16-18(24)23(19(25)22-16)10-12-3-4-13-5-6-14(17(20)21)9-15(13)8-12/h3-6,8-9,11,16H,7,10H2,1-2H3,(H3,20,21)(H,22,25). The van der Waals surface area contributed by atoms with Gasteiger partial charge in [0.25, 0.3) is 5.91 Å². The second-order valence-corrected chi connectivity index (χ2v) is 6.87. The first-order valence-electron chi connectivity index (χ1n) is 8.34. The molecule has 6 nitrogen and oxygen atoms in total. The Morgan fingerprint density at radius 2 is 1.92 bits per heavy atom. The molecule has 3 amide bonds. The molecule has 1 aliphatic heterocycles. The molecule has 1 unspecified atom stereocenters. The molecule has 0 spiro atoms. The van der Waals surface area contributed by atoms with Crippen molar-refractivity contribution in [3.63, 3.8) is 0 Å². The SMILES string of the molecule is CC(C)CC1NC(=O)N(Cc2ccc3ccc(C(=N)N)cc3c2)C1=O. The number of hydrogen-bond donors (Lipinski definition) is 3. The Kier molecular flexibility index (Phi) is 4.44. The van der Waals surface area contributed by atoms with Crippen LogP contribution in [-0.2, 0) is 11.3 Å². The van der Waals surface area contributed by atoms with E-state index in [-0.39, 0.29) is 24.3 Å². The van der Waals surface area contributed by atoms with Gasteiger partial charge in [-0.25, -0.2) is 4.79 Å². The van der Waals surface area contributed by atoms with Crippen LogP contribution in [-0.4, -0.2) is 28.7 Å². The molecule has 0 aliphatic carbocycles. The number of carbonyl (C=O) groups is 2. The Morgan fingerprint density at radius 3 is 2.60 bits per heavy atom. The van der Waals surface area contributed by atoms with Crippen molar-refractivity contribution < 1.29 is 9.59 Å². The van der Waals surface area contributed by atoms with E-state index in [9.17, 15) is 9.59 Å². The van der Waals surface area contributed by atoms with Crippen LogP contribution in [0, 0.1) is 11.3 Å². The molecule has 6 heteroatoms. The average molecular weight is 338 g/mol. The number of nitrogen functional groups attached to an aromatic ring is 1. The Balaban J connectivity index is 1.83. The van der Waals surface area contributed by atoms with Crippen LogP contribution < -0.4 is 11.1 Å². The lowest BCUT2D eigenvalue weighted by Crippen LogP contribution is -2.31. The van der Waals surface area contributed by atoms with Crippen molar-refractivity contribution in [2.24, 2.45) is 11.7 Å². The summed E-state index contributed by atoms with van der Waals surface area (Å²) in [6, 6.07) is 10.6. The van der Waals surface area contributed by atoms with Crippen LogP contribution in [0.1, 0.15) is 31.4 Å². The number of amides is 3. The molecule has 0 aromatic heterocycles. The first kappa shape index (κ1) is 17.0. The van der Waals surface area contributed by atoms with Gasteiger partial charge in [0.2, 0.25) is 0 Å². The van der Waals surface area contributed by atoms with Crippen LogP contribution in [0.3, 0.4) is 0 Å². The summed E-state index contributed by atoms with van der Waals surface area (Å²) >= 11 is 0. The van der Waals surface area contributed by atoms with E-state index in [1.165, 1.54) is 4.90 Å². The first-order valence-corrected chi connectivity index (χ1v) is 8.34. The number of amidine groups is 1. The minimum Gasteiger partial charge on any atom is -0.384 e. The predicted octanol–water partition coefficient (Wildman–Crippen LogP) is 2.59. The molecule has 1 atom stereocenters. The third-order valence-electron chi connectivity index (χ3n) is 4.37. The number of hydrogen-bond acceptors (Lipinski definition) is 3. The van der Waals surface area contributed by atoms with Crippen LogP contribution in [0.25, 0.3) is 10.8 Å². The summed E-state index contributed by atoms with van der Waals surface area (Å²) in [4.78, 5) is 25.9. The number of carbonyl (C=O) groups excluding carboxylic acids is 2. The molecule has 1 saturated heterocycles. The van der Waals surface area contributed by atoms with Gasteiger partial charge in [0, 0.05) is 5.56 Å². The van der Waals surface area contributed by atoms with E-state index in [1.54, 1.807) is 6.07 Å². The molecule has 0 bridgehead atoms. The van der Waals surface area contributed by atoms with Crippen molar-refractivity contribution in [3.05, 3.63) is 47.5 Å². The Bertz CT molecular complexity index is 860. The minimum absolute atomic E-state index is 0.0120. The van der Waals surface area contributed by atoms with Gasteiger partial charge in [-0.05, 0) is 40.8 Å². The third-order valence-corrected chi connectivity index (χ3v) is 4.37. The van der Waals surface area contributed by atoms with E-state index in [0.717, 1.165) is 16.3 Å². The van der Waals surface area contributed by atoms with Gasteiger partial charge < -0.3 is 11.1 Å². The number of nitrogens with one attached hydrogen (secondary N) is 2. The van der Waals surface area contributed by atoms with Crippen molar-refractivity contribution >= 4 is 28.5 Å². The highest BCUT2D eigenvalue weighted by Gasteiger charge is 2.37. The zero-order valence-corrected chi connectivity index (χ0v) is 14.4. The second kappa shape index (κ2) is 6.55. The second-order valence-electron chi connectivity index (χ2n) is 6.87. The summed E-state index contributed by atoms with van der Waals surface area (Å²) in [6.07, 6.45) is 0.640. The van der Waals surface area contributed by atoms with Gasteiger partial charge in [-0.15, -0.1) is 0 Å². The molecular formula is C19H22N4O2. The quantitative estimate of drug-likeness (QED) is 0.444. The Hall–Kier alpha value is -2.89. The van der Waals surface area contributed by atoms with Gasteiger partial charge in [-0.1, -0.05) is 38.1 Å². The number of nitrogens with two attached hydrogens (primary N) is 1. The molecule has 1 heterocycles. The molecule has 2 aromatic carbocycles. The van der Waals surface area contributed by atoms with Gasteiger partial charge in [-0.3, -0.25) is 15.1 Å². The zero-order chi connectivity index (χ0) is 18.1. The van der Waals surface area contributed by atoms with E-state index >= 15 is 0 Å². The highest BCUT2D eigenvalue weighted by atomic mass is 16.2. The zero-order valence-electron chi connectivity index (χ0n) is 14.4. The molecule has 0 saturated carbocycles. The monoisotopic (exact) mass is 338 g/mol. The maximum Gasteiger partial charge on any atom is 0.325 e. The maximum atomic E-state index is 12.5. The molecule has 1 fully saturated rings. The van der Waals surface area contributed by atoms with Gasteiger partial charge in [-0.2, -0.15) is 0 Å². The number of rotatable bonds is 5. The van der Waals surface area contributed by atoms with Gasteiger partial charge >= 0.3 is 6.03 Å². The van der Waals surface area contributed by atoms with E-state index < -0.39 is 6.04 Å². The fourth-order valence-electron chi connectivity index (χ4n) is 3.10. The van der Waals surface area contributed by atoms with Crippen LogP contribution in [0.2, 0.25) is 0 Å². The van der Waals surface area contributed by atoms with E-state index in [1.807, 2.05) is 44.2 Å². The smallest absolute Gasteiger partial charge is 0.325 e. The van der Waals surface area contributed by atoms with Crippen molar-refractivity contribution in [2.45, 2.75) is 32.9 Å². The van der Waals surface area contributed by atoms with Crippen LogP contribution >= 0.6 is 0 Å². The first-order chi connectivity index (χ1) is 11.8. The summed E-state index contributed by atoms with van der Waals surface area (Å²) < 4.78 is 0. The molecule has 25 heavy (non-hydrogen) atoms. The Labute approximate surface area is 146 Å². The summed E-state index contributed by atoms with van der Waals surface area (Å²) in [7, 11) is 0. The molecule has 0 radical (unpaired) electrons. The Morgan fingerprint density at radius 1 is 1.20 bits per heavy atom. The number of benzene rings is 2.